The number of ether oxygens (including phenoxy) is 4. The summed E-state index contributed by atoms with van der Waals surface area (Å²) >= 11 is 0. The Balaban J connectivity index is 1.12. The molecular weight excluding hydrogens is 516 g/mol. The van der Waals surface area contributed by atoms with Crippen molar-refractivity contribution in [2.75, 3.05) is 27.3 Å². The smallest absolute Gasteiger partial charge is 0.226 e. The van der Waals surface area contributed by atoms with E-state index in [0.717, 1.165) is 58.7 Å². The molecule has 5 aromatic rings. The molecular formula is C34H34N2O5. The Labute approximate surface area is 240 Å². The fraction of sp³-hybridized carbons (Fsp3) is 0.265. The van der Waals surface area contributed by atoms with Gasteiger partial charge in [-0.15, -0.1) is 0 Å². The lowest BCUT2D eigenvalue weighted by atomic mass is 9.87. The zero-order chi connectivity index (χ0) is 28.0. The number of hydrogen-bond acceptors (Lipinski definition) is 7. The van der Waals surface area contributed by atoms with Crippen molar-refractivity contribution in [1.82, 2.24) is 10.3 Å². The van der Waals surface area contributed by atoms with Gasteiger partial charge in [0.2, 0.25) is 5.89 Å². The van der Waals surface area contributed by atoms with Crippen molar-refractivity contribution in [2.24, 2.45) is 0 Å². The number of piperidine rings is 1. The Morgan fingerprint density at radius 3 is 2.44 bits per heavy atom. The van der Waals surface area contributed by atoms with Gasteiger partial charge in [-0.25, -0.2) is 4.98 Å². The number of aromatic nitrogens is 1. The van der Waals surface area contributed by atoms with Crippen LogP contribution in [0, 0.1) is 0 Å². The molecule has 1 N–H and O–H groups in total. The van der Waals surface area contributed by atoms with Crippen LogP contribution >= 0.6 is 0 Å². The van der Waals surface area contributed by atoms with Crippen molar-refractivity contribution in [3.63, 3.8) is 0 Å². The number of nitrogens with one attached hydrogen (secondary N) is 1. The second-order valence-electron chi connectivity index (χ2n) is 10.1. The highest BCUT2D eigenvalue weighted by Crippen LogP contribution is 2.38. The number of methoxy groups -OCH3 is 2. The molecule has 1 aliphatic heterocycles. The number of rotatable bonds is 10. The minimum Gasteiger partial charge on any atom is -0.496 e. The molecule has 2 atom stereocenters. The standard InChI is InChI=1S/C34H34N2O5/c1-37-31-18-25(33(38-2)30-11-7-6-10-29(30)31)21-40-32-20-35-17-16-28(32)23-12-14-26(15-13-23)39-22-27-19-36-34(41-27)24-8-4-3-5-9-24/h3-15,18-19,28,32,35H,16-17,20-22H2,1-2H3. The van der Waals surface area contributed by atoms with Crippen molar-refractivity contribution in [3.05, 3.63) is 108 Å². The van der Waals surface area contributed by atoms with Crippen LogP contribution in [-0.4, -0.2) is 38.4 Å². The fourth-order valence-electron chi connectivity index (χ4n) is 5.53. The first-order valence-corrected chi connectivity index (χ1v) is 13.9. The maximum Gasteiger partial charge on any atom is 0.226 e. The second-order valence-corrected chi connectivity index (χ2v) is 10.1. The van der Waals surface area contributed by atoms with E-state index in [1.165, 1.54) is 5.56 Å². The molecule has 1 saturated heterocycles. The molecule has 2 unspecified atom stereocenters. The molecule has 0 bridgehead atoms. The topological polar surface area (TPSA) is 75.0 Å². The Morgan fingerprint density at radius 1 is 0.878 bits per heavy atom. The van der Waals surface area contributed by atoms with Crippen molar-refractivity contribution in [3.8, 4) is 28.7 Å². The van der Waals surface area contributed by atoms with E-state index in [0.29, 0.717) is 24.9 Å². The first-order valence-electron chi connectivity index (χ1n) is 13.9. The number of hydrogen-bond donors (Lipinski definition) is 1. The quantitative estimate of drug-likeness (QED) is 0.206. The van der Waals surface area contributed by atoms with Crippen LogP contribution in [0.3, 0.4) is 0 Å². The third kappa shape index (κ3) is 5.92. The van der Waals surface area contributed by atoms with Gasteiger partial charge >= 0.3 is 0 Å². The number of fused-ring (bicyclic) bond motifs is 1. The first-order chi connectivity index (χ1) is 20.2. The Kier molecular flexibility index (Phi) is 8.16. The normalized spacial score (nSPS) is 16.9. The van der Waals surface area contributed by atoms with Crippen LogP contribution < -0.4 is 19.5 Å². The number of nitrogens with zero attached hydrogens (tertiary/aromatic N) is 1. The molecule has 0 radical (unpaired) electrons. The average Bonchev–Trinajstić information content (AvgIpc) is 3.52. The molecule has 210 valence electrons. The molecule has 0 saturated carbocycles. The maximum absolute atomic E-state index is 6.55. The molecule has 1 fully saturated rings. The molecule has 4 aromatic carbocycles. The third-order valence-corrected chi connectivity index (χ3v) is 7.60. The SMILES string of the molecule is COc1cc(COC2CNCCC2c2ccc(OCc3cnc(-c4ccccc4)o3)cc2)c(OC)c2ccccc12. The van der Waals surface area contributed by atoms with E-state index in [4.69, 9.17) is 23.4 Å². The van der Waals surface area contributed by atoms with Crippen LogP contribution in [-0.2, 0) is 18.0 Å². The van der Waals surface area contributed by atoms with Gasteiger partial charge in [-0.2, -0.15) is 0 Å². The highest BCUT2D eigenvalue weighted by molar-refractivity contribution is 5.94. The van der Waals surface area contributed by atoms with Crippen LogP contribution in [0.2, 0.25) is 0 Å². The summed E-state index contributed by atoms with van der Waals surface area (Å²) in [6.07, 6.45) is 2.72. The summed E-state index contributed by atoms with van der Waals surface area (Å²) in [5.74, 6) is 3.96. The molecule has 6 rings (SSSR count). The highest BCUT2D eigenvalue weighted by atomic mass is 16.5. The predicted octanol–water partition coefficient (Wildman–Crippen LogP) is 6.75. The summed E-state index contributed by atoms with van der Waals surface area (Å²) in [6, 6.07) is 28.3. The van der Waals surface area contributed by atoms with Crippen LogP contribution in [0.15, 0.2) is 95.5 Å². The summed E-state index contributed by atoms with van der Waals surface area (Å²) in [5, 5.41) is 5.53. The Hall–Kier alpha value is -4.33. The largest absolute Gasteiger partial charge is 0.496 e. The lowest BCUT2D eigenvalue weighted by molar-refractivity contribution is 0.00983. The fourth-order valence-corrected chi connectivity index (χ4v) is 5.53. The van der Waals surface area contributed by atoms with Gasteiger partial charge in [0.15, 0.2) is 5.76 Å². The van der Waals surface area contributed by atoms with Gasteiger partial charge in [0.05, 0.1) is 33.1 Å². The van der Waals surface area contributed by atoms with Gasteiger partial charge in [-0.3, -0.25) is 0 Å². The van der Waals surface area contributed by atoms with Gasteiger partial charge in [0, 0.05) is 34.4 Å². The lowest BCUT2D eigenvalue weighted by Gasteiger charge is -2.33. The molecule has 0 amide bonds. The molecule has 1 aromatic heterocycles. The summed E-state index contributed by atoms with van der Waals surface area (Å²) in [4.78, 5) is 4.38. The van der Waals surface area contributed by atoms with Crippen LogP contribution in [0.25, 0.3) is 22.2 Å². The Morgan fingerprint density at radius 2 is 1.66 bits per heavy atom. The van der Waals surface area contributed by atoms with Crippen molar-refractivity contribution < 1.29 is 23.4 Å². The second kappa shape index (κ2) is 12.5. The van der Waals surface area contributed by atoms with Crippen LogP contribution in [0.1, 0.15) is 29.2 Å². The third-order valence-electron chi connectivity index (χ3n) is 7.60. The average molecular weight is 551 g/mol. The van der Waals surface area contributed by atoms with Gasteiger partial charge in [0.25, 0.3) is 0 Å². The van der Waals surface area contributed by atoms with Crippen molar-refractivity contribution in [2.45, 2.75) is 31.7 Å². The minimum absolute atomic E-state index is 0.0169. The van der Waals surface area contributed by atoms with E-state index >= 15 is 0 Å². The number of oxazole rings is 1. The van der Waals surface area contributed by atoms with Crippen LogP contribution in [0.5, 0.6) is 17.2 Å². The number of benzene rings is 4. The van der Waals surface area contributed by atoms with E-state index < -0.39 is 0 Å². The molecule has 7 nitrogen and oxygen atoms in total. The first kappa shape index (κ1) is 26.9. The van der Waals surface area contributed by atoms with Crippen molar-refractivity contribution in [1.29, 1.82) is 0 Å². The maximum atomic E-state index is 6.55. The van der Waals surface area contributed by atoms with Gasteiger partial charge < -0.3 is 28.7 Å². The van der Waals surface area contributed by atoms with E-state index in [1.807, 2.05) is 66.7 Å². The highest BCUT2D eigenvalue weighted by Gasteiger charge is 2.28. The van der Waals surface area contributed by atoms with E-state index in [2.05, 4.69) is 28.5 Å². The summed E-state index contributed by atoms with van der Waals surface area (Å²) in [5.41, 5.74) is 3.15. The zero-order valence-corrected chi connectivity index (χ0v) is 23.3. The van der Waals surface area contributed by atoms with Crippen LogP contribution in [0.4, 0.5) is 0 Å². The van der Waals surface area contributed by atoms with Gasteiger partial charge in [-0.1, -0.05) is 54.6 Å². The molecule has 7 heteroatoms. The van der Waals surface area contributed by atoms with Gasteiger partial charge in [-0.05, 0) is 48.9 Å². The molecule has 1 aliphatic rings. The zero-order valence-electron chi connectivity index (χ0n) is 23.3. The monoisotopic (exact) mass is 550 g/mol. The molecule has 41 heavy (non-hydrogen) atoms. The van der Waals surface area contributed by atoms with E-state index in [-0.39, 0.29) is 12.0 Å². The Bertz CT molecular complexity index is 1580. The van der Waals surface area contributed by atoms with Crippen molar-refractivity contribution >= 4 is 10.8 Å². The molecule has 0 aliphatic carbocycles. The lowest BCUT2D eigenvalue weighted by Crippen LogP contribution is -2.41. The van der Waals surface area contributed by atoms with Gasteiger partial charge in [0.1, 0.15) is 23.9 Å². The van der Waals surface area contributed by atoms with E-state index in [1.54, 1.807) is 20.4 Å². The summed E-state index contributed by atoms with van der Waals surface area (Å²) in [6.45, 7) is 2.47. The molecule has 2 heterocycles. The van der Waals surface area contributed by atoms with E-state index in [9.17, 15) is 0 Å². The molecule has 0 spiro atoms. The summed E-state index contributed by atoms with van der Waals surface area (Å²) < 4.78 is 29.9. The summed E-state index contributed by atoms with van der Waals surface area (Å²) in [7, 11) is 3.40. The predicted molar refractivity (Wildman–Crippen MR) is 159 cm³/mol. The minimum atomic E-state index is 0.0169.